The lowest BCUT2D eigenvalue weighted by Crippen LogP contribution is -2.23. The highest BCUT2D eigenvalue weighted by molar-refractivity contribution is 8.00. The molecule has 0 spiro atoms. The maximum Gasteiger partial charge on any atom is 0.337 e. The number of anilines is 1. The third kappa shape index (κ3) is 5.18. The predicted octanol–water partition coefficient (Wildman–Crippen LogP) is 2.24. The van der Waals surface area contributed by atoms with E-state index in [4.69, 9.17) is 0 Å². The first-order valence-electron chi connectivity index (χ1n) is 7.69. The van der Waals surface area contributed by atoms with Gasteiger partial charge in [-0.15, -0.1) is 0 Å². The highest BCUT2D eigenvalue weighted by Gasteiger charge is 2.17. The molecule has 1 aromatic carbocycles. The predicted molar refractivity (Wildman–Crippen MR) is 96.0 cm³/mol. The van der Waals surface area contributed by atoms with Crippen molar-refractivity contribution in [3.05, 3.63) is 51.9 Å². The summed E-state index contributed by atoms with van der Waals surface area (Å²) >= 11 is 1.16. The largest absolute Gasteiger partial charge is 0.465 e. The number of aryl methyl sites for hydroxylation is 1. The summed E-state index contributed by atoms with van der Waals surface area (Å²) in [6, 6.07) is 7.92. The zero-order valence-corrected chi connectivity index (χ0v) is 15.0. The zero-order valence-electron chi connectivity index (χ0n) is 14.2. The Morgan fingerprint density at radius 1 is 1.36 bits per heavy atom. The van der Waals surface area contributed by atoms with Crippen molar-refractivity contribution >= 4 is 29.3 Å². The lowest BCUT2D eigenvalue weighted by Gasteiger charge is -2.12. The molecule has 0 radical (unpaired) electrons. The van der Waals surface area contributed by atoms with Crippen molar-refractivity contribution in [3.63, 3.8) is 0 Å². The first kappa shape index (κ1) is 18.7. The van der Waals surface area contributed by atoms with Gasteiger partial charge in [-0.2, -0.15) is 0 Å². The molecule has 1 atom stereocenters. The van der Waals surface area contributed by atoms with Gasteiger partial charge in [0.05, 0.1) is 17.9 Å². The smallest absolute Gasteiger partial charge is 0.337 e. The van der Waals surface area contributed by atoms with Gasteiger partial charge < -0.3 is 15.0 Å². The summed E-state index contributed by atoms with van der Waals surface area (Å²) in [4.78, 5) is 42.4. The fraction of sp³-hybridized carbons (Fsp3) is 0.294. The summed E-state index contributed by atoms with van der Waals surface area (Å²) < 4.78 is 4.66. The normalized spacial score (nSPS) is 11.6. The topological polar surface area (TPSA) is 101 Å². The molecule has 0 fully saturated rings. The number of nitrogens with one attached hydrogen (secondary N) is 2. The van der Waals surface area contributed by atoms with Gasteiger partial charge in [-0.05, 0) is 31.5 Å². The van der Waals surface area contributed by atoms with Crippen LogP contribution in [0.5, 0.6) is 0 Å². The molecular weight excluding hydrogens is 342 g/mol. The van der Waals surface area contributed by atoms with Crippen LogP contribution in [0.15, 0.2) is 40.3 Å². The first-order chi connectivity index (χ1) is 11.9. The number of hydrogen-bond donors (Lipinski definition) is 2. The summed E-state index contributed by atoms with van der Waals surface area (Å²) in [7, 11) is 1.30. The molecule has 1 unspecified atom stereocenters. The van der Waals surface area contributed by atoms with E-state index in [1.165, 1.54) is 13.2 Å². The number of nitrogens with zero attached hydrogens (tertiary/aromatic N) is 1. The van der Waals surface area contributed by atoms with E-state index < -0.39 is 11.2 Å². The van der Waals surface area contributed by atoms with Crippen LogP contribution in [0, 0.1) is 0 Å². The number of thioether (sulfide) groups is 1. The Labute approximate surface area is 149 Å². The molecule has 0 aliphatic carbocycles. The van der Waals surface area contributed by atoms with Crippen molar-refractivity contribution in [3.8, 4) is 0 Å². The molecule has 25 heavy (non-hydrogen) atoms. The summed E-state index contributed by atoms with van der Waals surface area (Å²) in [5, 5.41) is 2.65. The van der Waals surface area contributed by atoms with Gasteiger partial charge in [0.1, 0.15) is 0 Å². The number of methoxy groups -OCH3 is 1. The van der Waals surface area contributed by atoms with E-state index in [0.29, 0.717) is 28.5 Å². The number of H-pyrrole nitrogens is 1. The molecule has 0 aliphatic heterocycles. The Hall–Kier alpha value is -2.61. The maximum absolute atomic E-state index is 12.3. The molecular formula is C17H19N3O4S. The summed E-state index contributed by atoms with van der Waals surface area (Å²) in [6.45, 7) is 3.61. The second-order valence-corrected chi connectivity index (χ2v) is 6.55. The van der Waals surface area contributed by atoms with Gasteiger partial charge in [0.15, 0.2) is 5.16 Å². The molecule has 2 rings (SSSR count). The van der Waals surface area contributed by atoms with E-state index in [1.54, 1.807) is 31.2 Å². The number of benzene rings is 1. The molecule has 1 aromatic heterocycles. The highest BCUT2D eigenvalue weighted by Crippen LogP contribution is 2.20. The lowest BCUT2D eigenvalue weighted by atomic mass is 10.2. The molecule has 132 valence electrons. The van der Waals surface area contributed by atoms with Crippen LogP contribution in [0.25, 0.3) is 0 Å². The Balaban J connectivity index is 2.07. The number of esters is 1. The molecule has 0 saturated heterocycles. The molecule has 0 saturated carbocycles. The maximum atomic E-state index is 12.3. The average Bonchev–Trinajstić information content (AvgIpc) is 2.60. The van der Waals surface area contributed by atoms with Crippen LogP contribution in [0.1, 0.15) is 29.9 Å². The molecule has 8 heteroatoms. The zero-order chi connectivity index (χ0) is 18.4. The molecule has 0 aliphatic rings. The fourth-order valence-corrected chi connectivity index (χ4v) is 2.86. The van der Waals surface area contributed by atoms with Crippen molar-refractivity contribution in [1.29, 1.82) is 0 Å². The van der Waals surface area contributed by atoms with E-state index in [9.17, 15) is 14.4 Å². The highest BCUT2D eigenvalue weighted by atomic mass is 32.2. The molecule has 1 heterocycles. The quantitative estimate of drug-likeness (QED) is 0.465. The fourth-order valence-electron chi connectivity index (χ4n) is 2.03. The second-order valence-electron chi connectivity index (χ2n) is 5.22. The monoisotopic (exact) mass is 361 g/mol. The van der Waals surface area contributed by atoms with Crippen LogP contribution >= 0.6 is 11.8 Å². The number of ether oxygens (including phenoxy) is 1. The van der Waals surface area contributed by atoms with Crippen molar-refractivity contribution in [1.82, 2.24) is 9.97 Å². The van der Waals surface area contributed by atoms with Crippen molar-refractivity contribution in [2.75, 3.05) is 12.4 Å². The van der Waals surface area contributed by atoms with E-state index in [1.807, 2.05) is 6.92 Å². The summed E-state index contributed by atoms with van der Waals surface area (Å²) in [5.41, 5.74) is 1.27. The number of aromatic nitrogens is 2. The van der Waals surface area contributed by atoms with Crippen molar-refractivity contribution < 1.29 is 14.3 Å². The van der Waals surface area contributed by atoms with Crippen LogP contribution in [0.3, 0.4) is 0 Å². The first-order valence-corrected chi connectivity index (χ1v) is 8.57. The van der Waals surface area contributed by atoms with Gasteiger partial charge in [-0.25, -0.2) is 9.78 Å². The number of amides is 1. The van der Waals surface area contributed by atoms with Crippen LogP contribution in [0.2, 0.25) is 0 Å². The second kappa shape index (κ2) is 8.48. The van der Waals surface area contributed by atoms with Gasteiger partial charge in [0, 0.05) is 17.4 Å². The standard InChI is InChI=1S/C17H19N3O4S/c1-4-12-9-14(21)20-17(19-12)25-10(2)15(22)18-13-7-5-6-11(8-13)16(23)24-3/h5-10H,4H2,1-3H3,(H,18,22)(H,19,20,21). The van der Waals surface area contributed by atoms with Gasteiger partial charge in [0.2, 0.25) is 5.91 Å². The van der Waals surface area contributed by atoms with E-state index in [-0.39, 0.29) is 11.5 Å². The third-order valence-corrected chi connectivity index (χ3v) is 4.33. The summed E-state index contributed by atoms with van der Waals surface area (Å²) in [5.74, 6) is -0.742. The Morgan fingerprint density at radius 2 is 2.12 bits per heavy atom. The number of hydrogen-bond acceptors (Lipinski definition) is 6. The van der Waals surface area contributed by atoms with E-state index >= 15 is 0 Å². The van der Waals surface area contributed by atoms with Gasteiger partial charge in [-0.1, -0.05) is 24.8 Å². The SMILES string of the molecule is CCc1cc(=O)[nH]c(SC(C)C(=O)Nc2cccc(C(=O)OC)c2)n1. The van der Waals surface area contributed by atoms with Gasteiger partial charge >= 0.3 is 5.97 Å². The van der Waals surface area contributed by atoms with Crippen molar-refractivity contribution in [2.45, 2.75) is 30.7 Å². The molecule has 0 bridgehead atoms. The number of carbonyl (C=O) groups is 2. The van der Waals surface area contributed by atoms with Crippen LogP contribution in [-0.2, 0) is 16.0 Å². The minimum atomic E-state index is -0.489. The number of rotatable bonds is 6. The van der Waals surface area contributed by atoms with E-state index in [2.05, 4.69) is 20.0 Å². The summed E-state index contributed by atoms with van der Waals surface area (Å²) in [6.07, 6.45) is 0.637. The van der Waals surface area contributed by atoms with Gasteiger partial charge in [-0.3, -0.25) is 9.59 Å². The van der Waals surface area contributed by atoms with Crippen LogP contribution in [-0.4, -0.2) is 34.2 Å². The number of aromatic amines is 1. The van der Waals surface area contributed by atoms with E-state index in [0.717, 1.165) is 11.8 Å². The molecule has 7 nitrogen and oxygen atoms in total. The molecule has 2 aromatic rings. The number of carbonyl (C=O) groups excluding carboxylic acids is 2. The molecule has 1 amide bonds. The molecule has 2 N–H and O–H groups in total. The minimum Gasteiger partial charge on any atom is -0.465 e. The van der Waals surface area contributed by atoms with Crippen LogP contribution in [0.4, 0.5) is 5.69 Å². The minimum absolute atomic E-state index is 0.243. The van der Waals surface area contributed by atoms with Crippen molar-refractivity contribution in [2.24, 2.45) is 0 Å². The Bertz CT molecular complexity index is 835. The Morgan fingerprint density at radius 3 is 2.80 bits per heavy atom. The average molecular weight is 361 g/mol. The lowest BCUT2D eigenvalue weighted by molar-refractivity contribution is -0.115. The van der Waals surface area contributed by atoms with Crippen LogP contribution < -0.4 is 10.9 Å². The Kier molecular flexibility index (Phi) is 6.35. The van der Waals surface area contributed by atoms with Gasteiger partial charge in [0.25, 0.3) is 5.56 Å². The third-order valence-electron chi connectivity index (χ3n) is 3.34.